The number of ether oxygens (including phenoxy) is 2. The van der Waals surface area contributed by atoms with Gasteiger partial charge in [0.15, 0.2) is 11.5 Å². The third kappa shape index (κ3) is 5.88. The van der Waals surface area contributed by atoms with Gasteiger partial charge in [-0.05, 0) is 80.1 Å². The zero-order valence-corrected chi connectivity index (χ0v) is 21.8. The van der Waals surface area contributed by atoms with E-state index in [-0.39, 0.29) is 36.0 Å². The van der Waals surface area contributed by atoms with Crippen LogP contribution in [0.15, 0.2) is 54.6 Å². The number of hydrogen-bond acceptors (Lipinski definition) is 7. The molecule has 4 N–H and O–H groups in total. The third-order valence-corrected chi connectivity index (χ3v) is 6.91. The fraction of sp³-hybridized carbons (Fsp3) is 0.357. The molecule has 2 heterocycles. The van der Waals surface area contributed by atoms with Gasteiger partial charge in [-0.1, -0.05) is 0 Å². The predicted molar refractivity (Wildman–Crippen MR) is 137 cm³/mol. The number of rotatable bonds is 10. The van der Waals surface area contributed by atoms with Crippen molar-refractivity contribution in [2.75, 3.05) is 33.4 Å². The predicted octanol–water partition coefficient (Wildman–Crippen LogP) is 3.66. The number of pyridine rings is 1. The number of aromatic nitrogens is 1. The van der Waals surface area contributed by atoms with Gasteiger partial charge in [0, 0.05) is 16.7 Å². The molecule has 2 aromatic carbocycles. The number of hydrogen-bond donors (Lipinski definition) is 4. The zero-order chi connectivity index (χ0) is 29.1. The number of benzene rings is 2. The largest absolute Gasteiger partial charge is 0.493 e. The van der Waals surface area contributed by atoms with E-state index in [1.165, 1.54) is 43.5 Å². The van der Waals surface area contributed by atoms with Gasteiger partial charge < -0.3 is 30.3 Å². The van der Waals surface area contributed by atoms with Crippen molar-refractivity contribution in [3.05, 3.63) is 77.2 Å². The number of alkyl halides is 3. The summed E-state index contributed by atoms with van der Waals surface area (Å²) in [4.78, 5) is 17.0. The molecular formula is C28H29F4N3O5. The lowest BCUT2D eigenvalue weighted by Gasteiger charge is -2.41. The number of methoxy groups -OCH3 is 1. The molecule has 1 unspecified atom stereocenters. The van der Waals surface area contributed by atoms with Crippen molar-refractivity contribution in [3.8, 4) is 22.8 Å². The normalized spacial score (nSPS) is 18.4. The van der Waals surface area contributed by atoms with E-state index in [1.54, 1.807) is 6.07 Å². The first-order chi connectivity index (χ1) is 18.9. The van der Waals surface area contributed by atoms with Crippen LogP contribution in [0.4, 0.5) is 17.6 Å². The Kier molecular flexibility index (Phi) is 8.33. The van der Waals surface area contributed by atoms with Crippen molar-refractivity contribution >= 4 is 5.91 Å². The second-order valence-corrected chi connectivity index (χ2v) is 9.62. The van der Waals surface area contributed by atoms with Gasteiger partial charge in [0.25, 0.3) is 5.91 Å². The molecule has 0 spiro atoms. The molecule has 3 aromatic rings. The van der Waals surface area contributed by atoms with E-state index in [2.05, 4.69) is 15.6 Å². The molecule has 214 valence electrons. The van der Waals surface area contributed by atoms with Crippen molar-refractivity contribution in [2.45, 2.75) is 30.7 Å². The lowest BCUT2D eigenvalue weighted by Crippen LogP contribution is -2.53. The van der Waals surface area contributed by atoms with Gasteiger partial charge in [-0.15, -0.1) is 0 Å². The third-order valence-electron chi connectivity index (χ3n) is 6.91. The first kappa shape index (κ1) is 29.2. The summed E-state index contributed by atoms with van der Waals surface area (Å²) in [5.41, 5.74) is -4.04. The number of halogens is 4. The molecule has 12 heteroatoms. The second kappa shape index (κ2) is 11.4. The summed E-state index contributed by atoms with van der Waals surface area (Å²) in [6.07, 6.45) is -4.58. The number of carbonyl (C=O) groups excluding carboxylic acids is 1. The SMILES string of the molecule is COc1cc(C(=O)NCC(O)(c2cc([C@]3(C)CCN3)cc(-c3ccc(F)cc3)n2)C(F)(F)F)ccc1OCCO. The maximum atomic E-state index is 14.5. The van der Waals surface area contributed by atoms with Crippen LogP contribution in [-0.2, 0) is 11.1 Å². The smallest absolute Gasteiger partial charge is 0.424 e. The summed E-state index contributed by atoms with van der Waals surface area (Å²) in [5, 5.41) is 25.4. The molecule has 1 aliphatic rings. The number of nitrogens with one attached hydrogen (secondary N) is 2. The van der Waals surface area contributed by atoms with Crippen LogP contribution in [0.25, 0.3) is 11.3 Å². The Labute approximate surface area is 228 Å². The molecule has 1 aromatic heterocycles. The topological polar surface area (TPSA) is 113 Å². The second-order valence-electron chi connectivity index (χ2n) is 9.62. The van der Waals surface area contributed by atoms with E-state index in [9.17, 15) is 27.5 Å². The molecule has 8 nitrogen and oxygen atoms in total. The molecule has 1 fully saturated rings. The number of amides is 1. The molecule has 1 saturated heterocycles. The summed E-state index contributed by atoms with van der Waals surface area (Å²) in [5.74, 6) is -1.07. The maximum Gasteiger partial charge on any atom is 0.424 e. The van der Waals surface area contributed by atoms with E-state index in [0.29, 0.717) is 24.1 Å². The lowest BCUT2D eigenvalue weighted by atomic mass is 9.81. The van der Waals surface area contributed by atoms with Crippen LogP contribution >= 0.6 is 0 Å². The lowest BCUT2D eigenvalue weighted by molar-refractivity contribution is -0.265. The standard InChI is InChI=1S/C28H29F4N3O5/c1-26(9-10-34-26)19-14-21(17-3-6-20(29)7-4-17)35-24(15-19)27(38,28(30,31)32)16-33-25(37)18-5-8-22(40-12-11-36)23(13-18)39-2/h3-8,13-15,34,36,38H,9-12,16H2,1-2H3,(H,33,37)/t26-,27?/m0/s1. The number of nitrogens with zero attached hydrogens (tertiary/aromatic N) is 1. The highest BCUT2D eigenvalue weighted by Crippen LogP contribution is 2.41. The average Bonchev–Trinajstić information content (AvgIpc) is 2.92. The number of carbonyl (C=O) groups is 1. The van der Waals surface area contributed by atoms with Crippen molar-refractivity contribution in [1.82, 2.24) is 15.6 Å². The number of aliphatic hydroxyl groups is 2. The van der Waals surface area contributed by atoms with Gasteiger partial charge in [-0.3, -0.25) is 4.79 Å². The number of aliphatic hydroxyl groups excluding tert-OH is 1. The molecule has 2 atom stereocenters. The molecule has 0 radical (unpaired) electrons. The molecule has 40 heavy (non-hydrogen) atoms. The molecule has 1 aliphatic heterocycles. The van der Waals surface area contributed by atoms with Crippen LogP contribution in [0, 0.1) is 5.82 Å². The van der Waals surface area contributed by atoms with Crippen LogP contribution in [0.5, 0.6) is 11.5 Å². The fourth-order valence-electron chi connectivity index (χ4n) is 4.31. The first-order valence-corrected chi connectivity index (χ1v) is 12.4. The minimum atomic E-state index is -5.22. The summed E-state index contributed by atoms with van der Waals surface area (Å²) < 4.78 is 67.4. The van der Waals surface area contributed by atoms with Gasteiger partial charge in [-0.25, -0.2) is 9.37 Å². The molecular weight excluding hydrogens is 534 g/mol. The van der Waals surface area contributed by atoms with Gasteiger partial charge in [0.2, 0.25) is 5.60 Å². The van der Waals surface area contributed by atoms with E-state index in [4.69, 9.17) is 14.6 Å². The minimum absolute atomic E-state index is 0.0267. The Bertz CT molecular complexity index is 1360. The molecule has 0 bridgehead atoms. The van der Waals surface area contributed by atoms with Gasteiger partial charge in [-0.2, -0.15) is 13.2 Å². The Balaban J connectivity index is 1.69. The van der Waals surface area contributed by atoms with Crippen LogP contribution in [-0.4, -0.2) is 60.7 Å². The van der Waals surface area contributed by atoms with Gasteiger partial charge in [0.05, 0.1) is 31.6 Å². The van der Waals surface area contributed by atoms with E-state index >= 15 is 0 Å². The van der Waals surface area contributed by atoms with Crippen molar-refractivity contribution < 1.29 is 42.0 Å². The zero-order valence-electron chi connectivity index (χ0n) is 21.8. The Morgan fingerprint density at radius 1 is 1.12 bits per heavy atom. The van der Waals surface area contributed by atoms with Gasteiger partial charge in [0.1, 0.15) is 12.4 Å². The van der Waals surface area contributed by atoms with Gasteiger partial charge >= 0.3 is 6.18 Å². The minimum Gasteiger partial charge on any atom is -0.493 e. The average molecular weight is 564 g/mol. The molecule has 4 rings (SSSR count). The first-order valence-electron chi connectivity index (χ1n) is 12.4. The van der Waals surface area contributed by atoms with Crippen LogP contribution in [0.3, 0.4) is 0 Å². The van der Waals surface area contributed by atoms with E-state index < -0.39 is 41.3 Å². The van der Waals surface area contributed by atoms with E-state index in [1.807, 2.05) is 6.92 Å². The highest BCUT2D eigenvalue weighted by atomic mass is 19.4. The summed E-state index contributed by atoms with van der Waals surface area (Å²) in [6, 6.07) is 11.8. The Morgan fingerprint density at radius 3 is 2.40 bits per heavy atom. The molecule has 0 saturated carbocycles. The maximum absolute atomic E-state index is 14.5. The van der Waals surface area contributed by atoms with E-state index in [0.717, 1.165) is 12.1 Å². The summed E-state index contributed by atoms with van der Waals surface area (Å²) in [6.45, 7) is 0.965. The quantitative estimate of drug-likeness (QED) is 0.279. The van der Waals surface area contributed by atoms with Crippen molar-refractivity contribution in [3.63, 3.8) is 0 Å². The van der Waals surface area contributed by atoms with Crippen LogP contribution in [0.1, 0.15) is 35.0 Å². The van der Waals surface area contributed by atoms with Crippen LogP contribution < -0.4 is 20.1 Å². The monoisotopic (exact) mass is 563 g/mol. The summed E-state index contributed by atoms with van der Waals surface area (Å²) in [7, 11) is 1.32. The van der Waals surface area contributed by atoms with Crippen molar-refractivity contribution in [2.24, 2.45) is 0 Å². The molecule has 0 aliphatic carbocycles. The Morgan fingerprint density at radius 2 is 1.82 bits per heavy atom. The fourth-order valence-corrected chi connectivity index (χ4v) is 4.31. The molecule has 1 amide bonds. The van der Waals surface area contributed by atoms with Crippen LogP contribution in [0.2, 0.25) is 0 Å². The summed E-state index contributed by atoms with van der Waals surface area (Å²) >= 11 is 0. The highest BCUT2D eigenvalue weighted by molar-refractivity contribution is 5.95. The Hall–Kier alpha value is -3.74. The van der Waals surface area contributed by atoms with Crippen molar-refractivity contribution in [1.29, 1.82) is 0 Å². The highest BCUT2D eigenvalue weighted by Gasteiger charge is 2.57.